The highest BCUT2D eigenvalue weighted by molar-refractivity contribution is 9.10. The van der Waals surface area contributed by atoms with Gasteiger partial charge in [-0.1, -0.05) is 38.7 Å². The second-order valence-corrected chi connectivity index (χ2v) is 6.17. The lowest BCUT2D eigenvalue weighted by Crippen LogP contribution is -2.28. The predicted molar refractivity (Wildman–Crippen MR) is 83.9 cm³/mol. The highest BCUT2D eigenvalue weighted by atomic mass is 79.9. The number of benzene rings is 1. The maximum absolute atomic E-state index is 13.2. The van der Waals surface area contributed by atoms with Crippen LogP contribution >= 0.6 is 15.9 Å². The minimum Gasteiger partial charge on any atom is -0.308 e. The summed E-state index contributed by atoms with van der Waals surface area (Å²) < 4.78 is 13.7. The molecule has 3 heteroatoms. The minimum absolute atomic E-state index is 0.205. The van der Waals surface area contributed by atoms with Crippen LogP contribution in [0.1, 0.15) is 64.5 Å². The smallest absolute Gasteiger partial charge is 0.137 e. The molecule has 1 N–H and O–H groups in total. The molecule has 0 fully saturated rings. The van der Waals surface area contributed by atoms with Crippen LogP contribution in [0.15, 0.2) is 22.7 Å². The predicted octanol–water partition coefficient (Wildman–Crippen LogP) is 5.60. The molecular formula is C16H25BrFN. The van der Waals surface area contributed by atoms with Crippen LogP contribution in [0.2, 0.25) is 0 Å². The van der Waals surface area contributed by atoms with Crippen LogP contribution in [-0.2, 0) is 0 Å². The summed E-state index contributed by atoms with van der Waals surface area (Å²) in [4.78, 5) is 0. The van der Waals surface area contributed by atoms with Crippen molar-refractivity contribution < 1.29 is 4.39 Å². The second-order valence-electron chi connectivity index (χ2n) is 5.31. The van der Waals surface area contributed by atoms with Gasteiger partial charge in [0.15, 0.2) is 0 Å². The van der Waals surface area contributed by atoms with Crippen molar-refractivity contribution in [2.75, 3.05) is 0 Å². The van der Waals surface area contributed by atoms with Crippen molar-refractivity contribution in [1.82, 2.24) is 5.32 Å². The molecule has 0 saturated carbocycles. The summed E-state index contributed by atoms with van der Waals surface area (Å²) in [5.41, 5.74) is 1.12. The molecule has 19 heavy (non-hydrogen) atoms. The van der Waals surface area contributed by atoms with Crippen LogP contribution in [0.25, 0.3) is 0 Å². The van der Waals surface area contributed by atoms with Crippen LogP contribution in [0.4, 0.5) is 4.39 Å². The molecule has 1 aromatic carbocycles. The Labute approximate surface area is 125 Å². The number of hydrogen-bond acceptors (Lipinski definition) is 1. The van der Waals surface area contributed by atoms with E-state index in [9.17, 15) is 4.39 Å². The van der Waals surface area contributed by atoms with Crippen molar-refractivity contribution in [1.29, 1.82) is 0 Å². The van der Waals surface area contributed by atoms with Gasteiger partial charge in [0, 0.05) is 12.1 Å². The van der Waals surface area contributed by atoms with E-state index < -0.39 is 0 Å². The molecule has 0 amide bonds. The lowest BCUT2D eigenvalue weighted by atomic mass is 10.0. The van der Waals surface area contributed by atoms with E-state index in [-0.39, 0.29) is 11.9 Å². The highest BCUT2D eigenvalue weighted by Gasteiger charge is 2.10. The quantitative estimate of drug-likeness (QED) is 0.612. The fraction of sp³-hybridized carbons (Fsp3) is 0.625. The third-order valence-corrected chi connectivity index (χ3v) is 4.08. The topological polar surface area (TPSA) is 12.0 Å². The molecule has 0 aliphatic carbocycles. The first-order valence-electron chi connectivity index (χ1n) is 7.25. The van der Waals surface area contributed by atoms with Gasteiger partial charge in [0.2, 0.25) is 0 Å². The Morgan fingerprint density at radius 1 is 1.21 bits per heavy atom. The number of unbranched alkanes of at least 4 members (excludes halogenated alkanes) is 3. The Bertz CT molecular complexity index is 381. The van der Waals surface area contributed by atoms with Gasteiger partial charge in [0.1, 0.15) is 5.82 Å². The fourth-order valence-electron chi connectivity index (χ4n) is 2.27. The molecule has 0 aliphatic heterocycles. The van der Waals surface area contributed by atoms with Crippen LogP contribution < -0.4 is 5.32 Å². The average Bonchev–Trinajstić information content (AvgIpc) is 2.38. The van der Waals surface area contributed by atoms with Crippen molar-refractivity contribution in [3.63, 3.8) is 0 Å². The third kappa shape index (κ3) is 6.05. The van der Waals surface area contributed by atoms with Crippen molar-refractivity contribution in [2.45, 2.75) is 65.0 Å². The summed E-state index contributed by atoms with van der Waals surface area (Å²) in [6.07, 6.45) is 6.41. The summed E-state index contributed by atoms with van der Waals surface area (Å²) in [6.45, 7) is 6.58. The standard InChI is InChI=1S/C16H25BrFN/c1-4-5-6-7-8-12(2)19-13(3)14-9-10-16(18)15(17)11-14/h9-13,19H,4-8H2,1-3H3. The molecule has 0 aromatic heterocycles. The summed E-state index contributed by atoms with van der Waals surface area (Å²) >= 11 is 3.24. The average molecular weight is 330 g/mol. The maximum atomic E-state index is 13.2. The summed E-state index contributed by atoms with van der Waals surface area (Å²) in [7, 11) is 0. The first kappa shape index (κ1) is 16.6. The van der Waals surface area contributed by atoms with E-state index in [1.54, 1.807) is 0 Å². The summed E-state index contributed by atoms with van der Waals surface area (Å²) in [5, 5.41) is 3.58. The fourth-order valence-corrected chi connectivity index (χ4v) is 2.66. The van der Waals surface area contributed by atoms with Gasteiger partial charge in [0.25, 0.3) is 0 Å². The Hall–Kier alpha value is -0.410. The first-order chi connectivity index (χ1) is 9.04. The van der Waals surface area contributed by atoms with E-state index in [4.69, 9.17) is 0 Å². The van der Waals surface area contributed by atoms with E-state index in [1.807, 2.05) is 12.1 Å². The normalized spacial score (nSPS) is 14.4. The van der Waals surface area contributed by atoms with Crippen LogP contribution in [-0.4, -0.2) is 6.04 Å². The van der Waals surface area contributed by atoms with Crippen LogP contribution in [0, 0.1) is 5.82 Å². The van der Waals surface area contributed by atoms with Gasteiger partial charge in [-0.2, -0.15) is 0 Å². The van der Waals surface area contributed by atoms with E-state index in [2.05, 4.69) is 42.0 Å². The molecule has 0 saturated heterocycles. The van der Waals surface area contributed by atoms with E-state index in [0.29, 0.717) is 10.5 Å². The van der Waals surface area contributed by atoms with E-state index >= 15 is 0 Å². The number of halogens is 2. The lowest BCUT2D eigenvalue weighted by Gasteiger charge is -2.20. The van der Waals surface area contributed by atoms with E-state index in [1.165, 1.54) is 38.2 Å². The van der Waals surface area contributed by atoms with Crippen LogP contribution in [0.5, 0.6) is 0 Å². The zero-order valence-electron chi connectivity index (χ0n) is 12.2. The largest absolute Gasteiger partial charge is 0.308 e. The maximum Gasteiger partial charge on any atom is 0.137 e. The van der Waals surface area contributed by atoms with Gasteiger partial charge >= 0.3 is 0 Å². The van der Waals surface area contributed by atoms with Crippen molar-refractivity contribution in [3.05, 3.63) is 34.1 Å². The molecule has 108 valence electrons. The molecule has 0 radical (unpaired) electrons. The SMILES string of the molecule is CCCCCCC(C)NC(C)c1ccc(F)c(Br)c1. The zero-order chi connectivity index (χ0) is 14.3. The molecular weight excluding hydrogens is 305 g/mol. The van der Waals surface area contributed by atoms with Gasteiger partial charge in [-0.05, 0) is 53.9 Å². The molecule has 0 spiro atoms. The molecule has 1 aromatic rings. The minimum atomic E-state index is -0.205. The number of rotatable bonds is 8. The molecule has 2 unspecified atom stereocenters. The Morgan fingerprint density at radius 2 is 1.95 bits per heavy atom. The molecule has 0 heterocycles. The van der Waals surface area contributed by atoms with Crippen LogP contribution in [0.3, 0.4) is 0 Å². The second kappa shape index (κ2) is 8.70. The van der Waals surface area contributed by atoms with E-state index in [0.717, 1.165) is 5.56 Å². The highest BCUT2D eigenvalue weighted by Crippen LogP contribution is 2.22. The molecule has 1 rings (SSSR count). The Kier molecular flexibility index (Phi) is 7.62. The monoisotopic (exact) mass is 329 g/mol. The molecule has 1 nitrogen and oxygen atoms in total. The van der Waals surface area contributed by atoms with Crippen molar-refractivity contribution in [2.24, 2.45) is 0 Å². The number of hydrogen-bond donors (Lipinski definition) is 1. The van der Waals surface area contributed by atoms with Gasteiger partial charge in [-0.15, -0.1) is 0 Å². The molecule has 2 atom stereocenters. The lowest BCUT2D eigenvalue weighted by molar-refractivity contribution is 0.437. The summed E-state index contributed by atoms with van der Waals surface area (Å²) in [5.74, 6) is -0.205. The van der Waals surface area contributed by atoms with Gasteiger partial charge in [0.05, 0.1) is 4.47 Å². The zero-order valence-corrected chi connectivity index (χ0v) is 13.8. The van der Waals surface area contributed by atoms with Gasteiger partial charge in [-0.25, -0.2) is 4.39 Å². The third-order valence-electron chi connectivity index (χ3n) is 3.47. The Balaban J connectivity index is 2.40. The van der Waals surface area contributed by atoms with Gasteiger partial charge < -0.3 is 5.32 Å². The molecule has 0 bridgehead atoms. The number of nitrogens with one attached hydrogen (secondary N) is 1. The molecule has 0 aliphatic rings. The van der Waals surface area contributed by atoms with Crippen molar-refractivity contribution >= 4 is 15.9 Å². The van der Waals surface area contributed by atoms with Gasteiger partial charge in [-0.3, -0.25) is 0 Å². The summed E-state index contributed by atoms with van der Waals surface area (Å²) in [6, 6.07) is 5.97. The Morgan fingerprint density at radius 3 is 2.58 bits per heavy atom. The van der Waals surface area contributed by atoms with Crippen molar-refractivity contribution in [3.8, 4) is 0 Å². The first-order valence-corrected chi connectivity index (χ1v) is 8.05.